The van der Waals surface area contributed by atoms with Gasteiger partial charge in [-0.2, -0.15) is 0 Å². The molecule has 144 valence electrons. The maximum atomic E-state index is 12.8. The number of ether oxygens (including phenoxy) is 1. The first-order valence-electron chi connectivity index (χ1n) is 8.85. The van der Waals surface area contributed by atoms with Crippen molar-refractivity contribution in [2.24, 2.45) is 5.41 Å². The molecule has 2 N–H and O–H groups in total. The van der Waals surface area contributed by atoms with Gasteiger partial charge in [-0.15, -0.1) is 4.72 Å². The topological polar surface area (TPSA) is 97.8 Å². The van der Waals surface area contributed by atoms with E-state index in [1.54, 1.807) is 13.3 Å². The van der Waals surface area contributed by atoms with Gasteiger partial charge in [0.1, 0.15) is 10.5 Å². The molecule has 1 aliphatic carbocycles. The van der Waals surface area contributed by atoms with Gasteiger partial charge in [0.2, 0.25) is 0 Å². The lowest BCUT2D eigenvalue weighted by molar-refractivity contribution is 0.0762. The Morgan fingerprint density at radius 2 is 2.12 bits per heavy atom. The zero-order chi connectivity index (χ0) is 19.1. The molecule has 2 unspecified atom stereocenters. The highest BCUT2D eigenvalue weighted by Crippen LogP contribution is 2.52. The molecule has 2 aliphatic rings. The van der Waals surface area contributed by atoms with Gasteiger partial charge in [0.25, 0.3) is 0 Å². The standard InChI is InChI=1S/C18H27N3O4S/c1-17(2,3)26(24)20-15-13-9-12(25-4)11-19-14(13)10-18(15)5-7-21(8-6-18)16(22)23/h9,11,15,20H,5-8,10H2,1-4H3,(H,22,23). The van der Waals surface area contributed by atoms with Crippen LogP contribution < -0.4 is 9.46 Å². The molecule has 0 saturated carbocycles. The third-order valence-electron chi connectivity index (χ3n) is 5.47. The Morgan fingerprint density at radius 3 is 2.65 bits per heavy atom. The molecule has 8 heteroatoms. The zero-order valence-corrected chi connectivity index (χ0v) is 16.6. The molecule has 1 aromatic heterocycles. The highest BCUT2D eigenvalue weighted by atomic mass is 32.2. The summed E-state index contributed by atoms with van der Waals surface area (Å²) in [5.74, 6) is 0.678. The summed E-state index contributed by atoms with van der Waals surface area (Å²) in [5, 5.41) is 9.26. The molecule has 2 heterocycles. The fraction of sp³-hybridized carbons (Fsp3) is 0.667. The summed E-state index contributed by atoms with van der Waals surface area (Å²) < 4.78 is 21.1. The lowest BCUT2D eigenvalue weighted by Crippen LogP contribution is -2.50. The zero-order valence-electron chi connectivity index (χ0n) is 15.7. The van der Waals surface area contributed by atoms with Crippen LogP contribution in [0.15, 0.2) is 12.3 Å². The molecular formula is C18H27N3O4S. The minimum atomic E-state index is -1.24. The number of pyridine rings is 1. The molecular weight excluding hydrogens is 354 g/mol. The molecule has 1 amide bonds. The Kier molecular flexibility index (Phi) is 5.11. The van der Waals surface area contributed by atoms with Crippen LogP contribution in [0.4, 0.5) is 4.79 Å². The second kappa shape index (κ2) is 6.90. The number of carbonyl (C=O) groups is 1. The number of rotatable bonds is 3. The quantitative estimate of drug-likeness (QED) is 0.781. The maximum Gasteiger partial charge on any atom is 0.407 e. The van der Waals surface area contributed by atoms with E-state index in [1.807, 2.05) is 26.8 Å². The third-order valence-corrected chi connectivity index (χ3v) is 7.03. The van der Waals surface area contributed by atoms with Gasteiger partial charge < -0.3 is 19.3 Å². The molecule has 1 aromatic rings. The van der Waals surface area contributed by atoms with E-state index in [1.165, 1.54) is 4.90 Å². The van der Waals surface area contributed by atoms with Gasteiger partial charge in [-0.05, 0) is 51.7 Å². The van der Waals surface area contributed by atoms with Crippen molar-refractivity contribution in [2.45, 2.75) is 50.8 Å². The summed E-state index contributed by atoms with van der Waals surface area (Å²) >= 11 is -1.24. The van der Waals surface area contributed by atoms with Gasteiger partial charge >= 0.3 is 6.09 Å². The highest BCUT2D eigenvalue weighted by Gasteiger charge is 2.51. The SMILES string of the molecule is COc1cnc2c(c1)C(N[S+]([O-])C(C)(C)C)C1(CCN(C(=O)O)CC1)C2. The Labute approximate surface area is 157 Å². The predicted molar refractivity (Wildman–Crippen MR) is 99.5 cm³/mol. The number of nitrogens with zero attached hydrogens (tertiary/aromatic N) is 2. The normalized spacial score (nSPS) is 23.0. The molecule has 0 bridgehead atoms. The van der Waals surface area contributed by atoms with Gasteiger partial charge in [0, 0.05) is 35.6 Å². The van der Waals surface area contributed by atoms with Gasteiger partial charge in [-0.25, -0.2) is 4.79 Å². The molecule has 1 aliphatic heterocycles. The van der Waals surface area contributed by atoms with Crippen molar-refractivity contribution >= 4 is 17.5 Å². The third kappa shape index (κ3) is 3.50. The van der Waals surface area contributed by atoms with E-state index in [-0.39, 0.29) is 11.5 Å². The fourth-order valence-electron chi connectivity index (χ4n) is 3.85. The summed E-state index contributed by atoms with van der Waals surface area (Å²) in [7, 11) is 1.61. The summed E-state index contributed by atoms with van der Waals surface area (Å²) in [4.78, 5) is 17.3. The lowest BCUT2D eigenvalue weighted by atomic mass is 9.73. The molecule has 1 saturated heterocycles. The number of hydrogen-bond acceptors (Lipinski definition) is 5. The first-order valence-corrected chi connectivity index (χ1v) is 10.00. The van der Waals surface area contributed by atoms with Crippen LogP contribution >= 0.6 is 0 Å². The van der Waals surface area contributed by atoms with Gasteiger partial charge in [-0.3, -0.25) is 4.98 Å². The Balaban J connectivity index is 1.92. The monoisotopic (exact) mass is 381 g/mol. The van der Waals surface area contributed by atoms with E-state index >= 15 is 0 Å². The van der Waals surface area contributed by atoms with Crippen LogP contribution in [-0.2, 0) is 17.8 Å². The molecule has 0 radical (unpaired) electrons. The van der Waals surface area contributed by atoms with Crippen molar-refractivity contribution in [3.63, 3.8) is 0 Å². The van der Waals surface area contributed by atoms with Crippen molar-refractivity contribution in [1.29, 1.82) is 0 Å². The van der Waals surface area contributed by atoms with Crippen LogP contribution in [0.1, 0.15) is 50.9 Å². The van der Waals surface area contributed by atoms with E-state index in [4.69, 9.17) is 4.74 Å². The van der Waals surface area contributed by atoms with Crippen LogP contribution in [0, 0.1) is 5.41 Å². The van der Waals surface area contributed by atoms with Crippen molar-refractivity contribution in [3.05, 3.63) is 23.5 Å². The first-order chi connectivity index (χ1) is 12.2. The number of nitrogens with one attached hydrogen (secondary N) is 1. The Hall–Kier alpha value is -1.51. The van der Waals surface area contributed by atoms with E-state index < -0.39 is 22.2 Å². The predicted octanol–water partition coefficient (Wildman–Crippen LogP) is 2.50. The minimum absolute atomic E-state index is 0.129. The average molecular weight is 381 g/mol. The molecule has 7 nitrogen and oxygen atoms in total. The maximum absolute atomic E-state index is 12.8. The number of hydrogen-bond donors (Lipinski definition) is 2. The van der Waals surface area contributed by atoms with E-state index in [0.717, 1.165) is 30.5 Å². The van der Waals surface area contributed by atoms with Crippen LogP contribution in [0.5, 0.6) is 5.75 Å². The van der Waals surface area contributed by atoms with E-state index in [0.29, 0.717) is 18.8 Å². The number of methoxy groups -OCH3 is 1. The summed E-state index contributed by atoms with van der Waals surface area (Å²) in [6.45, 7) is 6.79. The van der Waals surface area contributed by atoms with E-state index in [2.05, 4.69) is 9.71 Å². The molecule has 26 heavy (non-hydrogen) atoms. The molecule has 2 atom stereocenters. The van der Waals surface area contributed by atoms with Crippen LogP contribution in [0.3, 0.4) is 0 Å². The van der Waals surface area contributed by atoms with E-state index in [9.17, 15) is 14.5 Å². The molecule has 1 spiro atoms. The van der Waals surface area contributed by atoms with Crippen molar-refractivity contribution in [2.75, 3.05) is 20.2 Å². The van der Waals surface area contributed by atoms with Crippen LogP contribution in [-0.4, -0.2) is 50.6 Å². The minimum Gasteiger partial charge on any atom is -0.598 e. The Bertz CT molecular complexity index is 684. The van der Waals surface area contributed by atoms with Crippen LogP contribution in [0.2, 0.25) is 0 Å². The summed E-state index contributed by atoms with van der Waals surface area (Å²) in [6.07, 6.45) is 3.03. The van der Waals surface area contributed by atoms with Crippen molar-refractivity contribution in [1.82, 2.24) is 14.6 Å². The Morgan fingerprint density at radius 1 is 1.46 bits per heavy atom. The first kappa shape index (κ1) is 19.3. The number of fused-ring (bicyclic) bond motifs is 1. The second-order valence-electron chi connectivity index (χ2n) is 8.15. The average Bonchev–Trinajstić information content (AvgIpc) is 2.87. The molecule has 0 aromatic carbocycles. The van der Waals surface area contributed by atoms with Crippen molar-refractivity contribution < 1.29 is 19.2 Å². The number of amides is 1. The number of carboxylic acid groups (broad SMARTS) is 1. The van der Waals surface area contributed by atoms with Gasteiger partial charge in [0.15, 0.2) is 0 Å². The smallest absolute Gasteiger partial charge is 0.407 e. The summed E-state index contributed by atoms with van der Waals surface area (Å²) in [5.41, 5.74) is 1.83. The molecule has 3 rings (SSSR count). The second-order valence-corrected chi connectivity index (χ2v) is 10.1. The number of aromatic nitrogens is 1. The van der Waals surface area contributed by atoms with Gasteiger partial charge in [-0.1, -0.05) is 0 Å². The van der Waals surface area contributed by atoms with Gasteiger partial charge in [0.05, 0.1) is 19.3 Å². The lowest BCUT2D eigenvalue weighted by Gasteiger charge is -2.43. The van der Waals surface area contributed by atoms with Crippen LogP contribution in [0.25, 0.3) is 0 Å². The fourth-order valence-corrected chi connectivity index (χ4v) is 4.79. The number of piperidine rings is 1. The highest BCUT2D eigenvalue weighted by molar-refractivity contribution is 7.90. The largest absolute Gasteiger partial charge is 0.598 e. The summed E-state index contributed by atoms with van der Waals surface area (Å²) in [6, 6.07) is 1.84. The number of likely N-dealkylation sites (tertiary alicyclic amines) is 1. The molecule has 1 fully saturated rings. The van der Waals surface area contributed by atoms with Crippen molar-refractivity contribution in [3.8, 4) is 5.75 Å².